The van der Waals surface area contributed by atoms with Gasteiger partial charge in [-0.2, -0.15) is 0 Å². The van der Waals surface area contributed by atoms with Crippen molar-refractivity contribution >= 4 is 11.8 Å². The van der Waals surface area contributed by atoms with Gasteiger partial charge in [0.1, 0.15) is 12.1 Å². The molecule has 5 nitrogen and oxygen atoms in total. The molecule has 5 heteroatoms. The van der Waals surface area contributed by atoms with Gasteiger partial charge >= 0.3 is 0 Å². The summed E-state index contributed by atoms with van der Waals surface area (Å²) in [5.41, 5.74) is 7.77. The summed E-state index contributed by atoms with van der Waals surface area (Å²) in [7, 11) is 0. The number of rotatable bonds is 3. The van der Waals surface area contributed by atoms with Gasteiger partial charge in [-0.15, -0.1) is 0 Å². The van der Waals surface area contributed by atoms with Crippen LogP contribution in [-0.2, 0) is 9.59 Å². The molecular weight excluding hydrogens is 242 g/mol. The van der Waals surface area contributed by atoms with Crippen LogP contribution < -0.4 is 16.4 Å². The Morgan fingerprint density at radius 1 is 1.42 bits per heavy atom. The number of hydrogen-bond donors (Lipinski definition) is 3. The fourth-order valence-corrected chi connectivity index (χ4v) is 2.10. The van der Waals surface area contributed by atoms with Gasteiger partial charge in [0.05, 0.1) is 0 Å². The van der Waals surface area contributed by atoms with E-state index >= 15 is 0 Å². The number of piperidine rings is 1. The minimum Gasteiger partial charge on any atom is -0.354 e. The minimum atomic E-state index is -0.740. The number of nitrogens with two attached hydrogens (primary N) is 1. The van der Waals surface area contributed by atoms with E-state index in [9.17, 15) is 9.59 Å². The van der Waals surface area contributed by atoms with Crippen molar-refractivity contribution in [2.24, 2.45) is 5.73 Å². The zero-order valence-electron chi connectivity index (χ0n) is 11.0. The molecule has 2 rings (SSSR count). The average Bonchev–Trinajstić information content (AvgIpc) is 2.41. The first-order valence-electron chi connectivity index (χ1n) is 6.48. The summed E-state index contributed by atoms with van der Waals surface area (Å²) < 4.78 is 0. The molecule has 1 saturated heterocycles. The van der Waals surface area contributed by atoms with Crippen molar-refractivity contribution < 1.29 is 9.59 Å². The highest BCUT2D eigenvalue weighted by Gasteiger charge is 2.26. The molecule has 0 aliphatic carbocycles. The quantitative estimate of drug-likeness (QED) is 0.736. The molecule has 1 aromatic rings. The number of nitrogens with one attached hydrogen (secondary N) is 2. The maximum atomic E-state index is 12.0. The Hall–Kier alpha value is -1.88. The third-order valence-corrected chi connectivity index (χ3v) is 3.32. The highest BCUT2D eigenvalue weighted by Crippen LogP contribution is 2.12. The summed E-state index contributed by atoms with van der Waals surface area (Å²) in [5, 5.41) is 5.43. The molecule has 0 spiro atoms. The second-order valence-electron chi connectivity index (χ2n) is 4.88. The van der Waals surface area contributed by atoms with E-state index in [1.807, 2.05) is 31.2 Å². The maximum Gasteiger partial charge on any atom is 0.242 e. The van der Waals surface area contributed by atoms with Crippen molar-refractivity contribution in [3.05, 3.63) is 35.4 Å². The van der Waals surface area contributed by atoms with Crippen LogP contribution in [0, 0.1) is 6.92 Å². The Bertz CT molecular complexity index is 470. The Morgan fingerprint density at radius 2 is 2.11 bits per heavy atom. The van der Waals surface area contributed by atoms with Gasteiger partial charge < -0.3 is 16.4 Å². The summed E-state index contributed by atoms with van der Waals surface area (Å²) >= 11 is 0. The van der Waals surface area contributed by atoms with Crippen LogP contribution in [0.25, 0.3) is 0 Å². The molecule has 1 fully saturated rings. The SMILES string of the molecule is Cc1ccc(C(N)C(=O)NC2CCCNC2=O)cc1. The van der Waals surface area contributed by atoms with Crippen molar-refractivity contribution in [1.29, 1.82) is 0 Å². The van der Waals surface area contributed by atoms with Gasteiger partial charge in [0.15, 0.2) is 0 Å². The molecule has 0 aromatic heterocycles. The standard InChI is InChI=1S/C14H19N3O2/c1-9-4-6-10(7-5-9)12(15)14(19)17-11-3-2-8-16-13(11)18/h4-7,11-12H,2-3,8,15H2,1H3,(H,16,18)(H,17,19). The molecule has 102 valence electrons. The van der Waals surface area contributed by atoms with Crippen LogP contribution in [0.1, 0.15) is 30.0 Å². The van der Waals surface area contributed by atoms with Crippen molar-refractivity contribution in [1.82, 2.24) is 10.6 Å². The molecule has 2 amide bonds. The summed E-state index contributed by atoms with van der Waals surface area (Å²) in [5.74, 6) is -0.443. The van der Waals surface area contributed by atoms with Crippen LogP contribution in [0.2, 0.25) is 0 Å². The number of aryl methyl sites for hydroxylation is 1. The molecule has 1 aromatic carbocycles. The zero-order valence-corrected chi connectivity index (χ0v) is 11.0. The monoisotopic (exact) mass is 261 g/mol. The van der Waals surface area contributed by atoms with E-state index in [0.29, 0.717) is 13.0 Å². The third-order valence-electron chi connectivity index (χ3n) is 3.32. The largest absolute Gasteiger partial charge is 0.354 e. The molecule has 0 radical (unpaired) electrons. The molecular formula is C14H19N3O2. The number of benzene rings is 1. The van der Waals surface area contributed by atoms with Crippen LogP contribution >= 0.6 is 0 Å². The van der Waals surface area contributed by atoms with E-state index < -0.39 is 12.1 Å². The van der Waals surface area contributed by atoms with Crippen LogP contribution in [-0.4, -0.2) is 24.4 Å². The highest BCUT2D eigenvalue weighted by molar-refractivity contribution is 5.90. The van der Waals surface area contributed by atoms with Crippen LogP contribution in [0.5, 0.6) is 0 Å². The van der Waals surface area contributed by atoms with E-state index in [1.165, 1.54) is 0 Å². The molecule has 1 aliphatic rings. The summed E-state index contributed by atoms with van der Waals surface area (Å²) in [6, 6.07) is 6.29. The topological polar surface area (TPSA) is 84.2 Å². The van der Waals surface area contributed by atoms with Gasteiger partial charge in [-0.05, 0) is 25.3 Å². The Balaban J connectivity index is 1.99. The van der Waals surface area contributed by atoms with Crippen molar-refractivity contribution in [3.8, 4) is 0 Å². The van der Waals surface area contributed by atoms with Gasteiger partial charge in [-0.3, -0.25) is 9.59 Å². The normalized spacial score (nSPS) is 20.5. The lowest BCUT2D eigenvalue weighted by Gasteiger charge is -2.24. The van der Waals surface area contributed by atoms with Crippen LogP contribution in [0.4, 0.5) is 0 Å². The maximum absolute atomic E-state index is 12.0. The first-order chi connectivity index (χ1) is 9.08. The Labute approximate surface area is 112 Å². The van der Waals surface area contributed by atoms with E-state index in [-0.39, 0.29) is 11.8 Å². The van der Waals surface area contributed by atoms with Gasteiger partial charge in [0, 0.05) is 6.54 Å². The minimum absolute atomic E-state index is 0.129. The lowest BCUT2D eigenvalue weighted by molar-refractivity contribution is -0.130. The van der Waals surface area contributed by atoms with E-state index in [4.69, 9.17) is 5.73 Å². The zero-order chi connectivity index (χ0) is 13.8. The molecule has 19 heavy (non-hydrogen) atoms. The van der Waals surface area contributed by atoms with Gasteiger partial charge in [0.2, 0.25) is 11.8 Å². The molecule has 4 N–H and O–H groups in total. The van der Waals surface area contributed by atoms with Gasteiger partial charge in [-0.1, -0.05) is 29.8 Å². The fraction of sp³-hybridized carbons (Fsp3) is 0.429. The fourth-order valence-electron chi connectivity index (χ4n) is 2.10. The second-order valence-corrected chi connectivity index (χ2v) is 4.88. The highest BCUT2D eigenvalue weighted by atomic mass is 16.2. The first-order valence-corrected chi connectivity index (χ1v) is 6.48. The van der Waals surface area contributed by atoms with Crippen molar-refractivity contribution in [2.45, 2.75) is 31.8 Å². The molecule has 2 unspecified atom stereocenters. The lowest BCUT2D eigenvalue weighted by Crippen LogP contribution is -2.52. The number of hydrogen-bond acceptors (Lipinski definition) is 3. The lowest BCUT2D eigenvalue weighted by atomic mass is 10.0. The Kier molecular flexibility index (Phi) is 4.16. The predicted molar refractivity (Wildman–Crippen MR) is 72.3 cm³/mol. The van der Waals surface area contributed by atoms with E-state index in [1.54, 1.807) is 0 Å². The molecule has 1 heterocycles. The molecule has 0 saturated carbocycles. The Morgan fingerprint density at radius 3 is 2.74 bits per heavy atom. The summed E-state index contributed by atoms with van der Waals surface area (Å²) in [6.45, 7) is 2.65. The number of carbonyl (C=O) groups excluding carboxylic acids is 2. The first kappa shape index (κ1) is 13.5. The van der Waals surface area contributed by atoms with Crippen molar-refractivity contribution in [3.63, 3.8) is 0 Å². The van der Waals surface area contributed by atoms with Gasteiger partial charge in [0.25, 0.3) is 0 Å². The molecule has 1 aliphatic heterocycles. The summed E-state index contributed by atoms with van der Waals surface area (Å²) in [6.07, 6.45) is 1.54. The molecule has 2 atom stereocenters. The third kappa shape index (κ3) is 3.32. The smallest absolute Gasteiger partial charge is 0.242 e. The average molecular weight is 261 g/mol. The van der Waals surface area contributed by atoms with Crippen LogP contribution in [0.3, 0.4) is 0 Å². The molecule has 0 bridgehead atoms. The number of carbonyl (C=O) groups is 2. The van der Waals surface area contributed by atoms with E-state index in [2.05, 4.69) is 10.6 Å². The second kappa shape index (κ2) is 5.84. The summed E-state index contributed by atoms with van der Waals surface area (Å²) in [4.78, 5) is 23.6. The van der Waals surface area contributed by atoms with Crippen LogP contribution in [0.15, 0.2) is 24.3 Å². The van der Waals surface area contributed by atoms with Crippen molar-refractivity contribution in [2.75, 3.05) is 6.54 Å². The predicted octanol–water partition coefficient (Wildman–Crippen LogP) is 0.390. The van der Waals surface area contributed by atoms with Gasteiger partial charge in [-0.25, -0.2) is 0 Å². The van der Waals surface area contributed by atoms with E-state index in [0.717, 1.165) is 17.5 Å². The number of amides is 2.